The number of rotatable bonds is 1. The molecule has 14 heavy (non-hydrogen) atoms. The van der Waals surface area contributed by atoms with Crippen LogP contribution in [-0.4, -0.2) is 9.78 Å². The molecule has 72 valence electrons. The minimum atomic E-state index is 1.04. The highest BCUT2D eigenvalue weighted by Gasteiger charge is 2.02. The third kappa shape index (κ3) is 1.73. The maximum absolute atomic E-state index is 4.42. The fourth-order valence-corrected chi connectivity index (χ4v) is 1.89. The summed E-state index contributed by atoms with van der Waals surface area (Å²) in [5.41, 5.74) is 3.29. The predicted octanol–water partition coefficient (Wildman–Crippen LogP) is 3.25. The van der Waals surface area contributed by atoms with Crippen molar-refractivity contribution in [2.75, 3.05) is 0 Å². The summed E-state index contributed by atoms with van der Waals surface area (Å²) in [6.07, 6.45) is 0. The Morgan fingerprint density at radius 1 is 1.21 bits per heavy atom. The van der Waals surface area contributed by atoms with Crippen LogP contribution in [0.25, 0.3) is 5.69 Å². The molecule has 0 amide bonds. The van der Waals surface area contributed by atoms with E-state index in [0.717, 1.165) is 21.5 Å². The average molecular weight is 251 g/mol. The Labute approximate surface area is 91.7 Å². The smallest absolute Gasteiger partial charge is 0.0660 e. The van der Waals surface area contributed by atoms with Crippen LogP contribution in [0.2, 0.25) is 0 Å². The Kier molecular flexibility index (Phi) is 2.42. The highest BCUT2D eigenvalue weighted by atomic mass is 79.9. The maximum Gasteiger partial charge on any atom is 0.0660 e. The largest absolute Gasteiger partial charge is 0.238 e. The van der Waals surface area contributed by atoms with Crippen LogP contribution in [0.3, 0.4) is 0 Å². The summed E-state index contributed by atoms with van der Waals surface area (Å²) < 4.78 is 3.02. The number of aryl methyl sites for hydroxylation is 2. The zero-order valence-corrected chi connectivity index (χ0v) is 9.75. The lowest BCUT2D eigenvalue weighted by molar-refractivity contribution is 0.833. The van der Waals surface area contributed by atoms with Gasteiger partial charge in [-0.05, 0) is 38.1 Å². The van der Waals surface area contributed by atoms with E-state index < -0.39 is 0 Å². The van der Waals surface area contributed by atoms with E-state index in [0.29, 0.717) is 0 Å². The Balaban J connectivity index is 2.54. The molecular weight excluding hydrogens is 240 g/mol. The molecule has 0 spiro atoms. The summed E-state index contributed by atoms with van der Waals surface area (Å²) in [6.45, 7) is 4.06. The second-order valence-electron chi connectivity index (χ2n) is 3.32. The van der Waals surface area contributed by atoms with Gasteiger partial charge in [-0.2, -0.15) is 5.10 Å². The fourth-order valence-electron chi connectivity index (χ4n) is 1.50. The van der Waals surface area contributed by atoms with Gasteiger partial charge in [0, 0.05) is 10.2 Å². The van der Waals surface area contributed by atoms with E-state index in [-0.39, 0.29) is 0 Å². The number of hydrogen-bond donors (Lipinski definition) is 0. The molecule has 3 heteroatoms. The molecule has 0 radical (unpaired) electrons. The van der Waals surface area contributed by atoms with Crippen LogP contribution in [0.4, 0.5) is 0 Å². The van der Waals surface area contributed by atoms with E-state index in [4.69, 9.17) is 0 Å². The lowest BCUT2D eigenvalue weighted by atomic mass is 10.3. The molecular formula is C11H11BrN2. The van der Waals surface area contributed by atoms with Crippen LogP contribution in [0.1, 0.15) is 11.4 Å². The Hall–Kier alpha value is -1.09. The normalized spacial score (nSPS) is 10.5. The topological polar surface area (TPSA) is 17.8 Å². The monoisotopic (exact) mass is 250 g/mol. The first-order valence-corrected chi connectivity index (χ1v) is 5.25. The van der Waals surface area contributed by atoms with E-state index in [1.165, 1.54) is 0 Å². The zero-order valence-electron chi connectivity index (χ0n) is 8.16. The molecule has 1 heterocycles. The number of nitrogens with zero attached hydrogens (tertiary/aromatic N) is 2. The molecule has 0 saturated heterocycles. The molecule has 2 rings (SSSR count). The summed E-state index contributed by atoms with van der Waals surface area (Å²) in [4.78, 5) is 0. The second kappa shape index (κ2) is 3.58. The van der Waals surface area contributed by atoms with Crippen molar-refractivity contribution in [3.05, 3.63) is 46.2 Å². The van der Waals surface area contributed by atoms with Gasteiger partial charge >= 0.3 is 0 Å². The number of aromatic nitrogens is 2. The Morgan fingerprint density at radius 2 is 2.00 bits per heavy atom. The minimum absolute atomic E-state index is 1.04. The summed E-state index contributed by atoms with van der Waals surface area (Å²) in [7, 11) is 0. The molecule has 0 N–H and O–H groups in total. The number of hydrogen-bond acceptors (Lipinski definition) is 1. The van der Waals surface area contributed by atoms with Crippen molar-refractivity contribution in [1.29, 1.82) is 0 Å². The van der Waals surface area contributed by atoms with Crippen molar-refractivity contribution in [3.8, 4) is 5.69 Å². The lowest BCUT2D eigenvalue weighted by Gasteiger charge is -2.03. The number of halogens is 1. The van der Waals surface area contributed by atoms with Gasteiger partial charge in [-0.25, -0.2) is 4.68 Å². The molecule has 1 aromatic heterocycles. The van der Waals surface area contributed by atoms with Gasteiger partial charge in [-0.1, -0.05) is 22.0 Å². The van der Waals surface area contributed by atoms with Crippen LogP contribution < -0.4 is 0 Å². The second-order valence-corrected chi connectivity index (χ2v) is 4.23. The molecule has 0 aliphatic heterocycles. The van der Waals surface area contributed by atoms with Gasteiger partial charge in [0.2, 0.25) is 0 Å². The molecule has 0 saturated carbocycles. The van der Waals surface area contributed by atoms with E-state index in [1.807, 2.05) is 29.8 Å². The Morgan fingerprint density at radius 3 is 2.57 bits per heavy atom. The van der Waals surface area contributed by atoms with Gasteiger partial charge in [0.15, 0.2) is 0 Å². The Bertz CT molecular complexity index is 460. The van der Waals surface area contributed by atoms with Crippen molar-refractivity contribution in [2.24, 2.45) is 0 Å². The molecule has 1 aromatic carbocycles. The highest BCUT2D eigenvalue weighted by Crippen LogP contribution is 2.16. The molecule has 0 unspecified atom stereocenters. The van der Waals surface area contributed by atoms with Gasteiger partial charge in [0.05, 0.1) is 11.4 Å². The average Bonchev–Trinajstić information content (AvgIpc) is 2.45. The summed E-state index contributed by atoms with van der Waals surface area (Å²) in [5.74, 6) is 0. The summed E-state index contributed by atoms with van der Waals surface area (Å²) in [6, 6.07) is 10.2. The molecule has 0 aliphatic carbocycles. The van der Waals surface area contributed by atoms with E-state index in [2.05, 4.69) is 40.1 Å². The van der Waals surface area contributed by atoms with E-state index in [1.54, 1.807) is 0 Å². The molecule has 0 fully saturated rings. The van der Waals surface area contributed by atoms with Gasteiger partial charge in [-0.15, -0.1) is 0 Å². The van der Waals surface area contributed by atoms with Crippen molar-refractivity contribution in [1.82, 2.24) is 9.78 Å². The molecule has 0 bridgehead atoms. The van der Waals surface area contributed by atoms with Crippen LogP contribution in [0.15, 0.2) is 34.8 Å². The molecule has 0 aliphatic rings. The molecule has 2 aromatic rings. The van der Waals surface area contributed by atoms with Crippen molar-refractivity contribution >= 4 is 15.9 Å². The standard InChI is InChI=1S/C11H11BrN2/c1-8-6-9(2)14(13-8)11-5-3-4-10(12)7-11/h3-7H,1-2H3. The SMILES string of the molecule is Cc1cc(C)n(-c2cccc(Br)c2)n1. The van der Waals surface area contributed by atoms with Gasteiger partial charge in [-0.3, -0.25) is 0 Å². The first kappa shape index (κ1) is 9.46. The summed E-state index contributed by atoms with van der Waals surface area (Å²) >= 11 is 3.45. The van der Waals surface area contributed by atoms with Crippen molar-refractivity contribution in [3.63, 3.8) is 0 Å². The van der Waals surface area contributed by atoms with Gasteiger partial charge in [0.1, 0.15) is 0 Å². The van der Waals surface area contributed by atoms with E-state index >= 15 is 0 Å². The maximum atomic E-state index is 4.42. The fraction of sp³-hybridized carbons (Fsp3) is 0.182. The van der Waals surface area contributed by atoms with Crippen LogP contribution in [0, 0.1) is 13.8 Å². The first-order valence-electron chi connectivity index (χ1n) is 4.46. The zero-order chi connectivity index (χ0) is 10.1. The minimum Gasteiger partial charge on any atom is -0.238 e. The first-order chi connectivity index (χ1) is 6.66. The highest BCUT2D eigenvalue weighted by molar-refractivity contribution is 9.10. The predicted molar refractivity (Wildman–Crippen MR) is 60.7 cm³/mol. The van der Waals surface area contributed by atoms with Crippen LogP contribution in [-0.2, 0) is 0 Å². The van der Waals surface area contributed by atoms with Crippen LogP contribution in [0.5, 0.6) is 0 Å². The molecule has 0 atom stereocenters. The third-order valence-electron chi connectivity index (χ3n) is 2.06. The third-order valence-corrected chi connectivity index (χ3v) is 2.56. The van der Waals surface area contributed by atoms with Gasteiger partial charge in [0.25, 0.3) is 0 Å². The lowest BCUT2D eigenvalue weighted by Crippen LogP contribution is -1.98. The van der Waals surface area contributed by atoms with Crippen molar-refractivity contribution in [2.45, 2.75) is 13.8 Å². The van der Waals surface area contributed by atoms with E-state index in [9.17, 15) is 0 Å². The number of benzene rings is 1. The van der Waals surface area contributed by atoms with Crippen LogP contribution >= 0.6 is 15.9 Å². The summed E-state index contributed by atoms with van der Waals surface area (Å²) in [5, 5.41) is 4.42. The van der Waals surface area contributed by atoms with Gasteiger partial charge < -0.3 is 0 Å². The quantitative estimate of drug-likeness (QED) is 0.760. The molecule has 2 nitrogen and oxygen atoms in total. The van der Waals surface area contributed by atoms with Crippen molar-refractivity contribution < 1.29 is 0 Å².